The van der Waals surface area contributed by atoms with Crippen molar-refractivity contribution in [3.63, 3.8) is 0 Å². The molecule has 0 bridgehead atoms. The van der Waals surface area contributed by atoms with Gasteiger partial charge >= 0.3 is 164 Å². The van der Waals surface area contributed by atoms with Crippen LogP contribution in [0.5, 0.6) is 0 Å². The van der Waals surface area contributed by atoms with E-state index in [1.807, 2.05) is 12.2 Å². The third-order valence-corrected chi connectivity index (χ3v) is 4.79. The summed E-state index contributed by atoms with van der Waals surface area (Å²) in [5.74, 6) is 0. The maximum absolute atomic E-state index is 4.95. The van der Waals surface area contributed by atoms with Crippen molar-refractivity contribution in [2.75, 3.05) is 38.0 Å². The predicted molar refractivity (Wildman–Crippen MR) is 111 cm³/mol. The molecule has 0 spiro atoms. The first kappa shape index (κ1) is 18.4. The van der Waals surface area contributed by atoms with Crippen LogP contribution in [0, 0.1) is 0 Å². The third kappa shape index (κ3) is 4.06. The van der Waals surface area contributed by atoms with E-state index in [1.54, 1.807) is 0 Å². The predicted octanol–water partition coefficient (Wildman–Crippen LogP) is 4.47. The van der Waals surface area contributed by atoms with Gasteiger partial charge in [-0.1, -0.05) is 0 Å². The van der Waals surface area contributed by atoms with E-state index in [1.165, 1.54) is 33.6 Å². The van der Waals surface area contributed by atoms with Crippen LogP contribution in [-0.2, 0) is 15.0 Å². The van der Waals surface area contributed by atoms with Crippen LogP contribution in [0.4, 0.5) is 11.4 Å². The normalized spacial score (nSPS) is 13.2. The van der Waals surface area contributed by atoms with Crippen LogP contribution in [0.15, 0.2) is 78.4 Å². The summed E-state index contributed by atoms with van der Waals surface area (Å²) >= 11 is 4.95. The van der Waals surface area contributed by atoms with E-state index >= 15 is 0 Å². The summed E-state index contributed by atoms with van der Waals surface area (Å²) in [5.41, 5.74) is 7.20. The molecular formula is C23H24N2Ni. The number of rotatable bonds is 4. The van der Waals surface area contributed by atoms with Gasteiger partial charge in [-0.3, -0.25) is 0 Å². The monoisotopic (exact) mass is 386 g/mol. The van der Waals surface area contributed by atoms with E-state index in [9.17, 15) is 0 Å². The summed E-state index contributed by atoms with van der Waals surface area (Å²) in [5, 5.41) is 0. The summed E-state index contributed by atoms with van der Waals surface area (Å²) in [6.45, 7) is 0. The first-order chi connectivity index (χ1) is 12.5. The van der Waals surface area contributed by atoms with Gasteiger partial charge in [0.1, 0.15) is 0 Å². The number of benzene rings is 2. The Morgan fingerprint density at radius 2 is 1.00 bits per heavy atom. The Hall–Kier alpha value is -2.38. The summed E-state index contributed by atoms with van der Waals surface area (Å²) in [6, 6.07) is 17.4. The van der Waals surface area contributed by atoms with Gasteiger partial charge in [0.25, 0.3) is 0 Å². The van der Waals surface area contributed by atoms with E-state index in [2.05, 4.69) is 98.7 Å². The SMILES string of the molecule is CN(C)c1ccc(C(=C2C=C[C](=[Ni])C=C2)c2ccc(N(C)C)cc2)cc1. The second-order valence-electron chi connectivity index (χ2n) is 6.73. The van der Waals surface area contributed by atoms with Gasteiger partial charge in [-0.2, -0.15) is 0 Å². The molecule has 0 aromatic heterocycles. The molecule has 0 fully saturated rings. The Balaban J connectivity index is 2.11. The van der Waals surface area contributed by atoms with Gasteiger partial charge in [-0.25, -0.2) is 0 Å². The van der Waals surface area contributed by atoms with Crippen molar-refractivity contribution in [2.45, 2.75) is 0 Å². The standard InChI is InChI=1S/C23H24N2.Ni/c1-24(2)21-14-10-19(11-15-21)23(18-8-6-5-7-9-18)20-12-16-22(17-13-20)25(3)4;/h6-17H,1-4H3;. The van der Waals surface area contributed by atoms with Crippen molar-refractivity contribution in [2.24, 2.45) is 0 Å². The molecule has 3 rings (SSSR count). The molecule has 136 valence electrons. The average molecular weight is 387 g/mol. The van der Waals surface area contributed by atoms with E-state index in [4.69, 9.17) is 15.0 Å². The molecule has 0 amide bonds. The van der Waals surface area contributed by atoms with Gasteiger partial charge < -0.3 is 0 Å². The zero-order chi connectivity index (χ0) is 18.7. The van der Waals surface area contributed by atoms with Gasteiger partial charge in [-0.05, 0) is 0 Å². The Morgan fingerprint density at radius 1 is 0.615 bits per heavy atom. The van der Waals surface area contributed by atoms with Crippen LogP contribution >= 0.6 is 0 Å². The van der Waals surface area contributed by atoms with Crippen LogP contribution < -0.4 is 9.80 Å². The van der Waals surface area contributed by atoms with E-state index in [0.29, 0.717) is 0 Å². The quantitative estimate of drug-likeness (QED) is 0.715. The number of allylic oxidation sites excluding steroid dienone is 5. The summed E-state index contributed by atoms with van der Waals surface area (Å²) in [7, 11) is 8.23. The van der Waals surface area contributed by atoms with Gasteiger partial charge in [0.15, 0.2) is 0 Å². The molecule has 2 aromatic carbocycles. The molecule has 3 heteroatoms. The average Bonchev–Trinajstić information content (AvgIpc) is 2.64. The molecule has 0 aliphatic heterocycles. The van der Waals surface area contributed by atoms with E-state index in [-0.39, 0.29) is 0 Å². The van der Waals surface area contributed by atoms with Crippen LogP contribution in [0.2, 0.25) is 0 Å². The Labute approximate surface area is 164 Å². The fourth-order valence-electron chi connectivity index (χ4n) is 2.96. The van der Waals surface area contributed by atoms with Crippen molar-refractivity contribution in [1.29, 1.82) is 0 Å². The summed E-state index contributed by atoms with van der Waals surface area (Å²) < 4.78 is 0.902. The number of hydrogen-bond donors (Lipinski definition) is 0. The van der Waals surface area contributed by atoms with Gasteiger partial charge in [0, 0.05) is 0 Å². The number of hydrogen-bond acceptors (Lipinski definition) is 2. The summed E-state index contributed by atoms with van der Waals surface area (Å²) in [6.07, 6.45) is 8.26. The molecule has 0 saturated carbocycles. The molecule has 1 aliphatic rings. The van der Waals surface area contributed by atoms with Gasteiger partial charge in [0.2, 0.25) is 0 Å². The molecular weight excluding hydrogens is 363 g/mol. The molecule has 26 heavy (non-hydrogen) atoms. The molecule has 2 aromatic rings. The third-order valence-electron chi connectivity index (χ3n) is 4.46. The fourth-order valence-corrected chi connectivity index (χ4v) is 3.12. The Morgan fingerprint density at radius 3 is 1.35 bits per heavy atom. The molecule has 0 N–H and O–H groups in total. The number of nitrogens with zero attached hydrogens (tertiary/aromatic N) is 2. The van der Waals surface area contributed by atoms with Crippen molar-refractivity contribution >= 4 is 21.4 Å². The molecule has 0 radical (unpaired) electrons. The van der Waals surface area contributed by atoms with Crippen molar-refractivity contribution < 1.29 is 15.0 Å². The molecule has 2 nitrogen and oxygen atoms in total. The first-order valence-electron chi connectivity index (χ1n) is 8.61. The van der Waals surface area contributed by atoms with Crippen LogP contribution in [0.1, 0.15) is 11.1 Å². The second kappa shape index (κ2) is 7.89. The van der Waals surface area contributed by atoms with Crippen LogP contribution in [0.25, 0.3) is 5.57 Å². The minimum atomic E-state index is 0.902. The first-order valence-corrected chi connectivity index (χ1v) is 9.10. The fraction of sp³-hybridized carbons (Fsp3) is 0.174. The zero-order valence-corrected chi connectivity index (χ0v) is 16.6. The topological polar surface area (TPSA) is 6.48 Å². The van der Waals surface area contributed by atoms with Crippen LogP contribution in [0.3, 0.4) is 0 Å². The van der Waals surface area contributed by atoms with Gasteiger partial charge in [-0.15, -0.1) is 0 Å². The van der Waals surface area contributed by atoms with Crippen molar-refractivity contribution in [1.82, 2.24) is 0 Å². The summed E-state index contributed by atoms with van der Waals surface area (Å²) in [4.78, 5) is 4.23. The second-order valence-corrected chi connectivity index (χ2v) is 7.30. The maximum atomic E-state index is 4.95. The molecule has 1 aliphatic carbocycles. The molecule has 0 atom stereocenters. The Bertz CT molecular complexity index is 811. The minimum absolute atomic E-state index is 0.902. The van der Waals surface area contributed by atoms with Crippen molar-refractivity contribution in [3.8, 4) is 0 Å². The molecule has 0 unspecified atom stereocenters. The Kier molecular flexibility index (Phi) is 5.59. The molecule has 0 heterocycles. The zero-order valence-electron chi connectivity index (χ0n) is 15.6. The van der Waals surface area contributed by atoms with Gasteiger partial charge in [0.05, 0.1) is 0 Å². The van der Waals surface area contributed by atoms with Crippen molar-refractivity contribution in [3.05, 3.63) is 89.5 Å². The van der Waals surface area contributed by atoms with Crippen LogP contribution in [-0.4, -0.2) is 32.7 Å². The number of anilines is 2. The molecule has 0 saturated heterocycles. The van der Waals surface area contributed by atoms with E-state index in [0.717, 1.165) is 4.49 Å². The van der Waals surface area contributed by atoms with E-state index < -0.39 is 0 Å².